The summed E-state index contributed by atoms with van der Waals surface area (Å²) in [6.45, 7) is 4.28. The second-order valence-corrected chi connectivity index (χ2v) is 7.56. The molecule has 5 heteroatoms. The van der Waals surface area contributed by atoms with Crippen molar-refractivity contribution in [3.8, 4) is 0 Å². The number of amides is 1. The van der Waals surface area contributed by atoms with Gasteiger partial charge in [0.1, 0.15) is 0 Å². The maximum absolute atomic E-state index is 11.2. The zero-order valence-corrected chi connectivity index (χ0v) is 16.7. The minimum Gasteiger partial charge on any atom is -0.361 e. The number of aromatic nitrogens is 1. The maximum Gasteiger partial charge on any atom is 0.267 e. The number of likely N-dealkylation sites (N-methyl/N-ethyl adjacent to an activating group) is 1. The molecule has 0 unspecified atom stereocenters. The summed E-state index contributed by atoms with van der Waals surface area (Å²) in [5.74, 6) is -0.516. The molecule has 1 aliphatic carbocycles. The first-order chi connectivity index (χ1) is 14.2. The first kappa shape index (κ1) is 19.4. The van der Waals surface area contributed by atoms with E-state index in [-0.39, 0.29) is 0 Å². The van der Waals surface area contributed by atoms with Gasteiger partial charge in [0.25, 0.3) is 5.91 Å². The van der Waals surface area contributed by atoms with Crippen LogP contribution >= 0.6 is 0 Å². The van der Waals surface area contributed by atoms with E-state index >= 15 is 0 Å². The average Bonchev–Trinajstić information content (AvgIpc) is 3.37. The molecule has 0 aliphatic heterocycles. The molecule has 0 bridgehead atoms. The van der Waals surface area contributed by atoms with Crippen LogP contribution in [0.25, 0.3) is 17.0 Å². The van der Waals surface area contributed by atoms with Crippen LogP contribution in [0.2, 0.25) is 0 Å². The molecule has 150 valence electrons. The Morgan fingerprint density at radius 1 is 1.31 bits per heavy atom. The second kappa shape index (κ2) is 8.64. The van der Waals surface area contributed by atoms with Crippen LogP contribution in [-0.2, 0) is 17.6 Å². The summed E-state index contributed by atoms with van der Waals surface area (Å²) in [6.07, 6.45) is 8.42. The van der Waals surface area contributed by atoms with Gasteiger partial charge in [-0.2, -0.15) is 0 Å². The van der Waals surface area contributed by atoms with Crippen molar-refractivity contribution in [2.45, 2.75) is 32.2 Å². The lowest BCUT2D eigenvalue weighted by Gasteiger charge is -2.28. The molecule has 3 aromatic rings. The number of nitrogens with one attached hydrogen (secondary N) is 2. The minimum absolute atomic E-state index is 0.443. The highest BCUT2D eigenvalue weighted by Crippen LogP contribution is 2.36. The molecule has 1 aliphatic rings. The van der Waals surface area contributed by atoms with Gasteiger partial charge in [-0.15, -0.1) is 0 Å². The number of hydroxylamine groups is 1. The number of carbonyl (C=O) groups excluding carboxylic acids is 1. The topological polar surface area (TPSA) is 68.4 Å². The Morgan fingerprint density at radius 3 is 3.00 bits per heavy atom. The molecule has 1 atom stereocenters. The monoisotopic (exact) mass is 389 g/mol. The van der Waals surface area contributed by atoms with Crippen molar-refractivity contribution in [3.05, 3.63) is 77.0 Å². The van der Waals surface area contributed by atoms with E-state index in [0.29, 0.717) is 6.04 Å². The first-order valence-electron chi connectivity index (χ1n) is 10.2. The standard InChI is InChI=1S/C24H27N3O2/c1-2-27(14-13-19-16-25-22-6-4-3-5-20(19)22)23-11-9-18-15-17(7-10-21(18)23)8-12-24(28)26-29/h3-8,10,12,15-16,23,25,29H,2,9,11,13-14H2,1H3,(H,26,28)/t23-/m1/s1. The summed E-state index contributed by atoms with van der Waals surface area (Å²) in [4.78, 5) is 17.1. The van der Waals surface area contributed by atoms with Crippen molar-refractivity contribution >= 4 is 22.9 Å². The van der Waals surface area contributed by atoms with E-state index in [1.165, 1.54) is 33.7 Å². The van der Waals surface area contributed by atoms with Gasteiger partial charge in [0.15, 0.2) is 0 Å². The van der Waals surface area contributed by atoms with Gasteiger partial charge in [0, 0.05) is 35.8 Å². The number of aryl methyl sites for hydroxylation is 1. The molecular weight excluding hydrogens is 362 g/mol. The molecule has 3 N–H and O–H groups in total. The summed E-state index contributed by atoms with van der Waals surface area (Å²) in [7, 11) is 0. The normalized spacial score (nSPS) is 16.0. The molecule has 0 saturated heterocycles. The molecule has 29 heavy (non-hydrogen) atoms. The summed E-state index contributed by atoms with van der Waals surface area (Å²) in [5.41, 5.74) is 7.93. The number of hydrogen-bond donors (Lipinski definition) is 3. The maximum atomic E-state index is 11.2. The van der Waals surface area contributed by atoms with Crippen LogP contribution in [0.4, 0.5) is 0 Å². The van der Waals surface area contributed by atoms with Gasteiger partial charge in [-0.1, -0.05) is 43.3 Å². The minimum atomic E-state index is -0.516. The Bertz CT molecular complexity index is 1040. The molecule has 4 rings (SSSR count). The van der Waals surface area contributed by atoms with Crippen LogP contribution < -0.4 is 5.48 Å². The van der Waals surface area contributed by atoms with E-state index in [1.54, 1.807) is 11.6 Å². The van der Waals surface area contributed by atoms with Crippen molar-refractivity contribution in [2.75, 3.05) is 13.1 Å². The van der Waals surface area contributed by atoms with Gasteiger partial charge in [-0.3, -0.25) is 14.9 Å². The fraction of sp³-hybridized carbons (Fsp3) is 0.292. The van der Waals surface area contributed by atoms with Crippen molar-refractivity contribution in [3.63, 3.8) is 0 Å². The SMILES string of the molecule is CCN(CCc1c[nH]c2ccccc12)[C@@H]1CCc2cc(C=CC(=O)NO)ccc21. The number of fused-ring (bicyclic) bond motifs is 2. The zero-order chi connectivity index (χ0) is 20.2. The molecule has 2 aromatic carbocycles. The molecule has 1 amide bonds. The van der Waals surface area contributed by atoms with Crippen LogP contribution in [0.1, 0.15) is 41.6 Å². The molecule has 5 nitrogen and oxygen atoms in total. The Morgan fingerprint density at radius 2 is 2.17 bits per heavy atom. The Kier molecular flexibility index (Phi) is 5.79. The highest BCUT2D eigenvalue weighted by molar-refractivity contribution is 5.90. The number of rotatable bonds is 7. The van der Waals surface area contributed by atoms with E-state index in [4.69, 9.17) is 5.21 Å². The van der Waals surface area contributed by atoms with Crippen molar-refractivity contribution in [2.24, 2.45) is 0 Å². The predicted molar refractivity (Wildman–Crippen MR) is 116 cm³/mol. The summed E-state index contributed by atoms with van der Waals surface area (Å²) < 4.78 is 0. The van der Waals surface area contributed by atoms with Crippen molar-refractivity contribution in [1.82, 2.24) is 15.4 Å². The van der Waals surface area contributed by atoms with Gasteiger partial charge >= 0.3 is 0 Å². The molecule has 0 saturated carbocycles. The molecule has 0 fully saturated rings. The lowest BCUT2D eigenvalue weighted by Crippen LogP contribution is -2.29. The van der Waals surface area contributed by atoms with E-state index < -0.39 is 5.91 Å². The smallest absolute Gasteiger partial charge is 0.267 e. The molecule has 1 aromatic heterocycles. The van der Waals surface area contributed by atoms with E-state index in [0.717, 1.165) is 37.9 Å². The largest absolute Gasteiger partial charge is 0.361 e. The van der Waals surface area contributed by atoms with E-state index in [2.05, 4.69) is 59.4 Å². The highest BCUT2D eigenvalue weighted by Gasteiger charge is 2.27. The van der Waals surface area contributed by atoms with Crippen LogP contribution in [0, 0.1) is 0 Å². The number of hydrogen-bond acceptors (Lipinski definition) is 3. The fourth-order valence-corrected chi connectivity index (χ4v) is 4.44. The third-order valence-corrected chi connectivity index (χ3v) is 5.94. The van der Waals surface area contributed by atoms with Crippen molar-refractivity contribution < 1.29 is 10.0 Å². The molecule has 1 heterocycles. The second-order valence-electron chi connectivity index (χ2n) is 7.56. The predicted octanol–water partition coefficient (Wildman–Crippen LogP) is 4.24. The van der Waals surface area contributed by atoms with Crippen LogP contribution in [0.15, 0.2) is 54.7 Å². The number of benzene rings is 2. The van der Waals surface area contributed by atoms with E-state index in [9.17, 15) is 4.79 Å². The molecule has 0 radical (unpaired) electrons. The Balaban J connectivity index is 1.47. The highest BCUT2D eigenvalue weighted by atomic mass is 16.5. The first-order valence-corrected chi connectivity index (χ1v) is 10.2. The Labute approximate surface area is 171 Å². The van der Waals surface area contributed by atoms with Gasteiger partial charge in [-0.05, 0) is 60.2 Å². The number of carbonyl (C=O) groups is 1. The fourth-order valence-electron chi connectivity index (χ4n) is 4.44. The quantitative estimate of drug-likeness (QED) is 0.322. The van der Waals surface area contributed by atoms with Gasteiger partial charge < -0.3 is 4.98 Å². The Hall–Kier alpha value is -2.89. The van der Waals surface area contributed by atoms with Crippen LogP contribution in [-0.4, -0.2) is 34.1 Å². The number of aromatic amines is 1. The lowest BCUT2D eigenvalue weighted by molar-refractivity contribution is -0.124. The molecular formula is C24H27N3O2. The summed E-state index contributed by atoms with van der Waals surface area (Å²) in [5, 5.41) is 9.93. The number of H-pyrrole nitrogens is 1. The van der Waals surface area contributed by atoms with Crippen molar-refractivity contribution in [1.29, 1.82) is 0 Å². The summed E-state index contributed by atoms with van der Waals surface area (Å²) >= 11 is 0. The van der Waals surface area contributed by atoms with Crippen LogP contribution in [0.5, 0.6) is 0 Å². The number of para-hydroxylation sites is 1. The number of nitrogens with zero attached hydrogens (tertiary/aromatic N) is 1. The van der Waals surface area contributed by atoms with Crippen LogP contribution in [0.3, 0.4) is 0 Å². The molecule has 0 spiro atoms. The third kappa shape index (κ3) is 4.11. The summed E-state index contributed by atoms with van der Waals surface area (Å²) in [6, 6.07) is 15.3. The van der Waals surface area contributed by atoms with E-state index in [1.807, 2.05) is 6.07 Å². The van der Waals surface area contributed by atoms with Gasteiger partial charge in [0.05, 0.1) is 0 Å². The average molecular weight is 389 g/mol. The lowest BCUT2D eigenvalue weighted by atomic mass is 10.0. The third-order valence-electron chi connectivity index (χ3n) is 5.94. The van der Waals surface area contributed by atoms with Gasteiger partial charge in [0.2, 0.25) is 0 Å². The zero-order valence-electron chi connectivity index (χ0n) is 16.7. The van der Waals surface area contributed by atoms with Gasteiger partial charge in [-0.25, -0.2) is 5.48 Å².